The van der Waals surface area contributed by atoms with Crippen LogP contribution in [0.3, 0.4) is 0 Å². The Hall–Kier alpha value is -2.25. The van der Waals surface area contributed by atoms with E-state index in [1.54, 1.807) is 24.3 Å². The van der Waals surface area contributed by atoms with Crippen molar-refractivity contribution in [2.75, 3.05) is 19.8 Å². The lowest BCUT2D eigenvalue weighted by molar-refractivity contribution is -0.149. The van der Waals surface area contributed by atoms with Gasteiger partial charge in [-0.2, -0.15) is 0 Å². The lowest BCUT2D eigenvalue weighted by atomic mass is 9.88. The number of hydrogen-bond donors (Lipinski definition) is 2. The number of esters is 3. The Labute approximate surface area is 172 Å². The van der Waals surface area contributed by atoms with Crippen molar-refractivity contribution < 1.29 is 34.1 Å². The normalized spacial score (nSPS) is 12.9. The summed E-state index contributed by atoms with van der Waals surface area (Å²) in [5.41, 5.74) is 0.0307. The smallest absolute Gasteiger partial charge is 0.346 e. The summed E-state index contributed by atoms with van der Waals surface area (Å²) in [4.78, 5) is 33.2. The number of carbonyl (C=O) groups is 3. The van der Waals surface area contributed by atoms with Crippen LogP contribution in [0.4, 0.5) is 0 Å². The molecule has 29 heavy (non-hydrogen) atoms. The van der Waals surface area contributed by atoms with Crippen LogP contribution in [0.2, 0.25) is 0 Å². The summed E-state index contributed by atoms with van der Waals surface area (Å²) in [7, 11) is 0. The maximum Gasteiger partial charge on any atom is 0.346 e. The average Bonchev–Trinajstić information content (AvgIpc) is 3.01. The van der Waals surface area contributed by atoms with Gasteiger partial charge in [-0.15, -0.1) is 0 Å². The third-order valence-electron chi connectivity index (χ3n) is 4.92. The second-order valence-electron chi connectivity index (χ2n) is 7.69. The Morgan fingerprint density at radius 2 is 1.62 bits per heavy atom. The van der Waals surface area contributed by atoms with E-state index in [1.807, 2.05) is 6.92 Å². The number of hydrogen-bond acceptors (Lipinski definition) is 7. The molecule has 0 spiro atoms. The fourth-order valence-electron chi connectivity index (χ4n) is 2.63. The molecule has 1 heterocycles. The Bertz CT molecular complexity index is 636. The quantitative estimate of drug-likeness (QED) is 0.348. The Morgan fingerprint density at radius 1 is 1.07 bits per heavy atom. The van der Waals surface area contributed by atoms with Crippen molar-refractivity contribution in [2.45, 2.75) is 52.9 Å². The van der Waals surface area contributed by atoms with Gasteiger partial charge < -0.3 is 19.7 Å². The summed E-state index contributed by atoms with van der Waals surface area (Å²) in [5, 5.41) is 18.4. The van der Waals surface area contributed by atoms with Crippen LogP contribution in [0.15, 0.2) is 24.3 Å². The van der Waals surface area contributed by atoms with E-state index in [9.17, 15) is 24.6 Å². The van der Waals surface area contributed by atoms with Gasteiger partial charge in [0.15, 0.2) is 0 Å². The number of carbonyl (C=O) groups excluding carboxylic acids is 3. The molecule has 0 aliphatic carbocycles. The van der Waals surface area contributed by atoms with E-state index >= 15 is 0 Å². The second-order valence-corrected chi connectivity index (χ2v) is 7.69. The Kier molecular flexibility index (Phi) is 10.5. The summed E-state index contributed by atoms with van der Waals surface area (Å²) in [6.07, 6.45) is 4.00. The van der Waals surface area contributed by atoms with Crippen molar-refractivity contribution in [1.29, 1.82) is 0 Å². The molecule has 0 saturated heterocycles. The van der Waals surface area contributed by atoms with Crippen LogP contribution in [0, 0.1) is 11.3 Å². The van der Waals surface area contributed by atoms with Crippen molar-refractivity contribution in [1.82, 2.24) is 0 Å². The van der Waals surface area contributed by atoms with Crippen LogP contribution >= 0.6 is 0 Å². The third-order valence-corrected chi connectivity index (χ3v) is 4.92. The molecular formula is C22H32O7. The summed E-state index contributed by atoms with van der Waals surface area (Å²) in [6, 6.07) is 6.53. The van der Waals surface area contributed by atoms with Crippen molar-refractivity contribution in [3.05, 3.63) is 35.4 Å². The van der Waals surface area contributed by atoms with Crippen molar-refractivity contribution in [3.63, 3.8) is 0 Å². The summed E-state index contributed by atoms with van der Waals surface area (Å²) < 4.78 is 9.48. The van der Waals surface area contributed by atoms with Crippen molar-refractivity contribution in [2.24, 2.45) is 11.3 Å². The number of aliphatic hydroxyl groups excluding tert-OH is 2. The zero-order valence-electron chi connectivity index (χ0n) is 17.5. The molecule has 7 heteroatoms. The largest absolute Gasteiger partial charge is 0.465 e. The minimum atomic E-state index is -0.687. The summed E-state index contributed by atoms with van der Waals surface area (Å²) in [5.74, 6) is -0.674. The number of fused-ring (bicyclic) bond motifs is 1. The summed E-state index contributed by atoms with van der Waals surface area (Å²) >= 11 is 0. The van der Waals surface area contributed by atoms with Crippen LogP contribution in [-0.2, 0) is 14.3 Å². The molecule has 0 atom stereocenters. The number of benzene rings is 1. The van der Waals surface area contributed by atoms with E-state index in [1.165, 1.54) is 0 Å². The van der Waals surface area contributed by atoms with Gasteiger partial charge in [-0.1, -0.05) is 45.7 Å². The summed E-state index contributed by atoms with van der Waals surface area (Å²) in [6.45, 7) is 5.95. The number of ether oxygens (including phenoxy) is 2. The molecule has 0 unspecified atom stereocenters. The molecule has 1 aromatic carbocycles. The molecule has 1 aliphatic heterocycles. The molecule has 0 radical (unpaired) electrons. The number of aliphatic hydroxyl groups is 2. The lowest BCUT2D eigenvalue weighted by Crippen LogP contribution is -2.35. The van der Waals surface area contributed by atoms with E-state index < -0.39 is 17.4 Å². The highest BCUT2D eigenvalue weighted by molar-refractivity contribution is 6.14. The van der Waals surface area contributed by atoms with E-state index in [2.05, 4.69) is 18.6 Å². The van der Waals surface area contributed by atoms with Gasteiger partial charge in [0.1, 0.15) is 6.61 Å². The lowest BCUT2D eigenvalue weighted by Gasteiger charge is -2.27. The molecule has 1 aliphatic rings. The zero-order valence-corrected chi connectivity index (χ0v) is 17.5. The van der Waals surface area contributed by atoms with E-state index in [0.717, 1.165) is 19.3 Å². The predicted octanol–water partition coefficient (Wildman–Crippen LogP) is 3.12. The number of rotatable bonds is 10. The molecule has 1 aromatic rings. The fourth-order valence-corrected chi connectivity index (χ4v) is 2.63. The van der Waals surface area contributed by atoms with E-state index in [4.69, 9.17) is 4.74 Å². The van der Waals surface area contributed by atoms with Gasteiger partial charge in [0.05, 0.1) is 29.8 Å². The first-order chi connectivity index (χ1) is 13.8. The molecule has 0 bridgehead atoms. The molecule has 0 fully saturated rings. The molecule has 162 valence electrons. The molecule has 0 amide bonds. The van der Waals surface area contributed by atoms with Crippen LogP contribution in [0.25, 0.3) is 0 Å². The highest BCUT2D eigenvalue weighted by atomic mass is 16.6. The van der Waals surface area contributed by atoms with Gasteiger partial charge in [-0.25, -0.2) is 9.59 Å². The SMILES string of the molecule is CCC(CO)(CO)COC(=O)CCCCC(C)C.O=C1OC(=O)c2ccccc21. The van der Waals surface area contributed by atoms with E-state index in [0.29, 0.717) is 29.9 Å². The Balaban J connectivity index is 0.000000321. The first-order valence-corrected chi connectivity index (χ1v) is 10.0. The topological polar surface area (TPSA) is 110 Å². The van der Waals surface area contributed by atoms with Gasteiger partial charge in [0.25, 0.3) is 0 Å². The fraction of sp³-hybridized carbons (Fsp3) is 0.591. The average molecular weight is 408 g/mol. The molecule has 2 rings (SSSR count). The standard InChI is InChI=1S/C14H28O4.C8H4O3/c1-4-14(9-15,10-16)11-18-13(17)8-6-5-7-12(2)3;9-7-5-3-1-2-4-6(5)8(10)11-7/h12,15-16H,4-11H2,1-3H3;1-4H. The maximum atomic E-state index is 11.5. The van der Waals surface area contributed by atoms with Gasteiger partial charge in [-0.05, 0) is 30.9 Å². The number of unbranched alkanes of at least 4 members (excludes halogenated alkanes) is 1. The third kappa shape index (κ3) is 7.95. The first-order valence-electron chi connectivity index (χ1n) is 10.0. The van der Waals surface area contributed by atoms with Crippen LogP contribution in [0.5, 0.6) is 0 Å². The van der Waals surface area contributed by atoms with Crippen LogP contribution < -0.4 is 0 Å². The van der Waals surface area contributed by atoms with Gasteiger partial charge in [0.2, 0.25) is 0 Å². The van der Waals surface area contributed by atoms with E-state index in [-0.39, 0.29) is 25.8 Å². The zero-order chi connectivity index (χ0) is 21.9. The number of cyclic esters (lactones) is 2. The highest BCUT2D eigenvalue weighted by Crippen LogP contribution is 2.21. The Morgan fingerprint density at radius 3 is 2.07 bits per heavy atom. The second kappa shape index (κ2) is 12.3. The maximum absolute atomic E-state index is 11.5. The monoisotopic (exact) mass is 408 g/mol. The molecule has 2 N–H and O–H groups in total. The van der Waals surface area contributed by atoms with Crippen LogP contribution in [0.1, 0.15) is 73.6 Å². The molecule has 0 aromatic heterocycles. The predicted molar refractivity (Wildman–Crippen MR) is 107 cm³/mol. The highest BCUT2D eigenvalue weighted by Gasteiger charge is 2.29. The first kappa shape index (κ1) is 24.8. The van der Waals surface area contributed by atoms with Gasteiger partial charge in [-0.3, -0.25) is 4.79 Å². The molecule has 7 nitrogen and oxygen atoms in total. The van der Waals surface area contributed by atoms with Crippen molar-refractivity contribution in [3.8, 4) is 0 Å². The minimum Gasteiger partial charge on any atom is -0.465 e. The molecular weight excluding hydrogens is 376 g/mol. The molecule has 0 saturated carbocycles. The van der Waals surface area contributed by atoms with Gasteiger partial charge >= 0.3 is 17.9 Å². The van der Waals surface area contributed by atoms with Gasteiger partial charge in [0, 0.05) is 6.42 Å². The minimum absolute atomic E-state index is 0.0967. The van der Waals surface area contributed by atoms with Crippen molar-refractivity contribution >= 4 is 17.9 Å². The van der Waals surface area contributed by atoms with Crippen LogP contribution in [-0.4, -0.2) is 47.9 Å².